The molecule has 85 valence electrons. The average Bonchev–Trinajstić information content (AvgIpc) is 2.20. The third-order valence-corrected chi connectivity index (χ3v) is 2.03. The van der Waals surface area contributed by atoms with Crippen molar-refractivity contribution in [1.29, 1.82) is 0 Å². The quantitative estimate of drug-likeness (QED) is 0.791. The average molecular weight is 219 g/mol. The van der Waals surface area contributed by atoms with Crippen LogP contribution in [0.5, 0.6) is 0 Å². The van der Waals surface area contributed by atoms with Gasteiger partial charge in [-0.05, 0) is 12.1 Å². The number of carbonyl (C=O) groups is 2. The van der Waals surface area contributed by atoms with E-state index in [1.54, 1.807) is 24.3 Å². The first-order chi connectivity index (χ1) is 7.45. The Balaban J connectivity index is 2.88. The van der Waals surface area contributed by atoms with Gasteiger partial charge in [0.05, 0.1) is 11.4 Å². The highest BCUT2D eigenvalue weighted by Gasteiger charge is 2.21. The first kappa shape index (κ1) is 12.2. The molecule has 0 atom stereocenters. The first-order valence-corrected chi connectivity index (χ1v) is 5.00. The second-order valence-electron chi connectivity index (χ2n) is 4.46. The van der Waals surface area contributed by atoms with Crippen LogP contribution >= 0.6 is 0 Å². The Morgan fingerprint density at radius 3 is 2.50 bits per heavy atom. The lowest BCUT2D eigenvalue weighted by atomic mass is 9.95. The van der Waals surface area contributed by atoms with Gasteiger partial charge in [0.25, 0.3) is 0 Å². The van der Waals surface area contributed by atoms with Crippen LogP contribution in [-0.4, -0.2) is 12.3 Å². The zero-order valence-electron chi connectivity index (χ0n) is 9.65. The molecule has 1 N–H and O–H groups in total. The fraction of sp³-hybridized carbons (Fsp3) is 0.333. The van der Waals surface area contributed by atoms with Crippen molar-refractivity contribution in [2.45, 2.75) is 20.8 Å². The van der Waals surface area contributed by atoms with Gasteiger partial charge in [0.15, 0.2) is 0 Å². The van der Waals surface area contributed by atoms with Crippen molar-refractivity contribution in [3.8, 4) is 0 Å². The molecule has 2 amide bonds. The van der Waals surface area contributed by atoms with Crippen LogP contribution in [0.15, 0.2) is 24.3 Å². The number of nitrogens with one attached hydrogen (secondary N) is 1. The molecule has 0 aliphatic heterocycles. The molecule has 0 spiro atoms. The molecule has 16 heavy (non-hydrogen) atoms. The van der Waals surface area contributed by atoms with E-state index >= 15 is 0 Å². The molecule has 4 heteroatoms. The molecule has 0 aliphatic rings. The smallest absolute Gasteiger partial charge is 0.233 e. The van der Waals surface area contributed by atoms with Gasteiger partial charge >= 0.3 is 0 Å². The molecule has 0 heterocycles. The molecular weight excluding hydrogens is 204 g/mol. The Labute approximate surface area is 95.0 Å². The monoisotopic (exact) mass is 219 g/mol. The summed E-state index contributed by atoms with van der Waals surface area (Å²) in [5.74, 6) is -0.110. The van der Waals surface area contributed by atoms with E-state index in [4.69, 9.17) is 0 Å². The summed E-state index contributed by atoms with van der Waals surface area (Å²) >= 11 is 0. The van der Waals surface area contributed by atoms with Crippen molar-refractivity contribution in [3.63, 3.8) is 0 Å². The topological polar surface area (TPSA) is 60.3 Å². The normalized spacial score (nSPS) is 10.7. The molecule has 4 nitrogen and oxygen atoms in total. The van der Waals surface area contributed by atoms with E-state index in [-0.39, 0.29) is 5.91 Å². The van der Waals surface area contributed by atoms with Gasteiger partial charge in [-0.15, -0.1) is 0 Å². The molecule has 0 aliphatic carbocycles. The standard InChI is InChI=1S/C12H15N2O2/c1-12(2,3)11(16)14-10-7-5-4-6-9(10)13-8-15/h4-8H,1-3H3,(H,14,16). The molecule has 1 aromatic carbocycles. The largest absolute Gasteiger partial charge is 0.324 e. The fourth-order valence-electron chi connectivity index (χ4n) is 1.06. The van der Waals surface area contributed by atoms with Crippen molar-refractivity contribution >= 4 is 23.7 Å². The summed E-state index contributed by atoms with van der Waals surface area (Å²) in [7, 11) is 0. The van der Waals surface area contributed by atoms with Gasteiger partial charge in [0, 0.05) is 5.41 Å². The predicted molar refractivity (Wildman–Crippen MR) is 62.4 cm³/mol. The van der Waals surface area contributed by atoms with Crippen LogP contribution in [-0.2, 0) is 9.59 Å². The Hall–Kier alpha value is -1.84. The Kier molecular flexibility index (Phi) is 3.66. The number of nitrogens with zero attached hydrogens (tertiary/aromatic N) is 1. The number of rotatable bonds is 3. The Bertz CT molecular complexity index is 394. The van der Waals surface area contributed by atoms with E-state index in [0.717, 1.165) is 0 Å². The number of amides is 2. The number of benzene rings is 1. The van der Waals surface area contributed by atoms with Crippen molar-refractivity contribution in [2.24, 2.45) is 5.41 Å². The van der Waals surface area contributed by atoms with E-state index in [1.165, 1.54) is 0 Å². The molecule has 1 radical (unpaired) electrons. The molecule has 0 aromatic heterocycles. The molecule has 0 unspecified atom stereocenters. The highest BCUT2D eigenvalue weighted by molar-refractivity contribution is 5.97. The summed E-state index contributed by atoms with van der Waals surface area (Å²) in [6.45, 7) is 5.46. The maximum absolute atomic E-state index is 11.7. The summed E-state index contributed by atoms with van der Waals surface area (Å²) in [5.41, 5.74) is 0.540. The third kappa shape index (κ3) is 3.08. The zero-order valence-corrected chi connectivity index (χ0v) is 9.65. The molecular formula is C12H15N2O2. The van der Waals surface area contributed by atoms with E-state index in [1.807, 2.05) is 20.8 Å². The molecule has 0 fully saturated rings. The maximum atomic E-state index is 11.7. The summed E-state index contributed by atoms with van der Waals surface area (Å²) in [5, 5.41) is 6.39. The second-order valence-corrected chi connectivity index (χ2v) is 4.46. The Morgan fingerprint density at radius 2 is 1.94 bits per heavy atom. The van der Waals surface area contributed by atoms with Gasteiger partial charge < -0.3 is 5.32 Å². The van der Waals surface area contributed by atoms with Gasteiger partial charge in [-0.2, -0.15) is 0 Å². The summed E-state index contributed by atoms with van der Waals surface area (Å²) < 4.78 is 0. The van der Waals surface area contributed by atoms with Crippen LogP contribution in [0.4, 0.5) is 11.4 Å². The molecule has 0 saturated heterocycles. The molecule has 0 bridgehead atoms. The minimum Gasteiger partial charge on any atom is -0.324 e. The van der Waals surface area contributed by atoms with Crippen LogP contribution in [0.1, 0.15) is 20.8 Å². The second kappa shape index (κ2) is 4.79. The van der Waals surface area contributed by atoms with Crippen molar-refractivity contribution in [1.82, 2.24) is 5.32 Å². The molecule has 1 aromatic rings. The van der Waals surface area contributed by atoms with Crippen molar-refractivity contribution in [2.75, 3.05) is 5.32 Å². The van der Waals surface area contributed by atoms with Gasteiger partial charge in [-0.25, -0.2) is 5.32 Å². The minimum absolute atomic E-state index is 0.110. The lowest BCUT2D eigenvalue weighted by molar-refractivity contribution is -0.123. The highest BCUT2D eigenvalue weighted by atomic mass is 16.2. The third-order valence-electron chi connectivity index (χ3n) is 2.03. The fourth-order valence-corrected chi connectivity index (χ4v) is 1.06. The predicted octanol–water partition coefficient (Wildman–Crippen LogP) is 2.06. The number of anilines is 1. The number of carbonyl (C=O) groups excluding carboxylic acids is 2. The zero-order chi connectivity index (χ0) is 12.2. The van der Waals surface area contributed by atoms with Gasteiger partial charge in [0.1, 0.15) is 0 Å². The van der Waals surface area contributed by atoms with Gasteiger partial charge in [-0.3, -0.25) is 9.59 Å². The van der Waals surface area contributed by atoms with Crippen molar-refractivity contribution < 1.29 is 9.59 Å². The minimum atomic E-state index is -0.478. The lowest BCUT2D eigenvalue weighted by Gasteiger charge is -2.18. The Morgan fingerprint density at radius 1 is 1.31 bits per heavy atom. The van der Waals surface area contributed by atoms with Gasteiger partial charge in [-0.1, -0.05) is 32.9 Å². The van der Waals surface area contributed by atoms with Gasteiger partial charge in [0.2, 0.25) is 12.3 Å². The lowest BCUT2D eigenvalue weighted by Crippen LogP contribution is -2.27. The van der Waals surface area contributed by atoms with E-state index < -0.39 is 5.41 Å². The highest BCUT2D eigenvalue weighted by Crippen LogP contribution is 2.23. The van der Waals surface area contributed by atoms with Crippen LogP contribution in [0.3, 0.4) is 0 Å². The van der Waals surface area contributed by atoms with Crippen LogP contribution < -0.4 is 10.6 Å². The van der Waals surface area contributed by atoms with Crippen LogP contribution in [0.2, 0.25) is 0 Å². The summed E-state index contributed by atoms with van der Waals surface area (Å²) in [6, 6.07) is 6.93. The SMILES string of the molecule is CC(C)(C)C(=O)Nc1ccccc1[N]C=O. The number of para-hydroxylation sites is 2. The molecule has 1 rings (SSSR count). The molecule has 0 saturated carbocycles. The van der Waals surface area contributed by atoms with E-state index in [2.05, 4.69) is 10.6 Å². The summed E-state index contributed by atoms with van der Waals surface area (Å²) in [4.78, 5) is 22.1. The van der Waals surface area contributed by atoms with Crippen LogP contribution in [0, 0.1) is 5.41 Å². The van der Waals surface area contributed by atoms with Crippen molar-refractivity contribution in [3.05, 3.63) is 24.3 Å². The summed E-state index contributed by atoms with van der Waals surface area (Å²) in [6.07, 6.45) is 0.460. The van der Waals surface area contributed by atoms with E-state index in [9.17, 15) is 9.59 Å². The van der Waals surface area contributed by atoms with E-state index in [0.29, 0.717) is 17.8 Å². The number of hydrogen-bond donors (Lipinski definition) is 1. The maximum Gasteiger partial charge on any atom is 0.233 e. The number of hydrogen-bond acceptors (Lipinski definition) is 2. The first-order valence-electron chi connectivity index (χ1n) is 5.00. The van der Waals surface area contributed by atoms with Crippen LogP contribution in [0.25, 0.3) is 0 Å².